The number of aromatic nitrogens is 1. The number of rotatable bonds is 10. The highest BCUT2D eigenvalue weighted by atomic mass is 32.1. The smallest absolute Gasteiger partial charge is 0.415 e. The Bertz CT molecular complexity index is 1290. The van der Waals surface area contributed by atoms with E-state index in [9.17, 15) is 4.79 Å². The van der Waals surface area contributed by atoms with E-state index >= 15 is 0 Å². The Kier molecular flexibility index (Phi) is 8.80. The predicted molar refractivity (Wildman–Crippen MR) is 148 cm³/mol. The van der Waals surface area contributed by atoms with E-state index in [4.69, 9.17) is 19.2 Å². The third-order valence-corrected chi connectivity index (χ3v) is 7.25. The number of carbonyl (C=O) groups excluding carboxylic acids is 1. The van der Waals surface area contributed by atoms with E-state index < -0.39 is 6.09 Å². The van der Waals surface area contributed by atoms with Gasteiger partial charge in [0.2, 0.25) is 0 Å². The lowest BCUT2D eigenvalue weighted by atomic mass is 10.1. The molecule has 1 aromatic heterocycles. The third kappa shape index (κ3) is 6.68. The fraction of sp³-hybridized carbons (Fsp3) is 0.267. The van der Waals surface area contributed by atoms with Crippen LogP contribution in [0.2, 0.25) is 0 Å². The Labute approximate surface area is 222 Å². The molecule has 0 aliphatic heterocycles. The van der Waals surface area contributed by atoms with Gasteiger partial charge in [0, 0.05) is 23.4 Å². The molecule has 192 valence electrons. The number of thiazole rings is 1. The van der Waals surface area contributed by atoms with Gasteiger partial charge in [-0.05, 0) is 62.7 Å². The first kappa shape index (κ1) is 26.2. The molecule has 6 nitrogen and oxygen atoms in total. The number of ether oxygens (including phenoxy) is 3. The topological polar surface area (TPSA) is 60.9 Å². The monoisotopic (exact) mass is 516 g/mol. The predicted octanol–water partition coefficient (Wildman–Crippen LogP) is 7.33. The fourth-order valence-electron chi connectivity index (χ4n) is 4.02. The average Bonchev–Trinajstić information content (AvgIpc) is 3.30. The van der Waals surface area contributed by atoms with Gasteiger partial charge in [0.05, 0.1) is 25.5 Å². The Morgan fingerprint density at radius 3 is 2.24 bits per heavy atom. The van der Waals surface area contributed by atoms with Crippen LogP contribution in [0.5, 0.6) is 17.2 Å². The first-order valence-electron chi connectivity index (χ1n) is 12.4. The molecule has 0 saturated carbocycles. The van der Waals surface area contributed by atoms with Crippen molar-refractivity contribution in [3.63, 3.8) is 0 Å². The highest BCUT2D eigenvalue weighted by molar-refractivity contribution is 7.15. The Morgan fingerprint density at radius 2 is 1.59 bits per heavy atom. The van der Waals surface area contributed by atoms with Gasteiger partial charge >= 0.3 is 6.09 Å². The minimum atomic E-state index is -0.394. The maximum Gasteiger partial charge on any atom is 0.415 e. The SMILES string of the molecule is CCN(C(=O)Oc1ccc(OC)cc1)[C@H](C)c1ccc(OCCc2nc(-c3ccccc3)sc2C)cc1. The maximum atomic E-state index is 12.8. The molecule has 0 aliphatic carbocycles. The third-order valence-electron chi connectivity index (χ3n) is 6.19. The van der Waals surface area contributed by atoms with E-state index in [1.165, 1.54) is 4.88 Å². The van der Waals surface area contributed by atoms with E-state index in [1.54, 1.807) is 47.6 Å². The zero-order valence-corrected chi connectivity index (χ0v) is 22.5. The number of carbonyl (C=O) groups is 1. The normalized spacial score (nSPS) is 11.6. The van der Waals surface area contributed by atoms with Crippen molar-refractivity contribution in [1.82, 2.24) is 9.88 Å². The molecule has 7 heteroatoms. The molecule has 37 heavy (non-hydrogen) atoms. The summed E-state index contributed by atoms with van der Waals surface area (Å²) in [6, 6.07) is 24.9. The molecule has 1 amide bonds. The maximum absolute atomic E-state index is 12.8. The summed E-state index contributed by atoms with van der Waals surface area (Å²) in [6.45, 7) is 7.10. The van der Waals surface area contributed by atoms with Crippen molar-refractivity contribution in [1.29, 1.82) is 0 Å². The number of amides is 1. The van der Waals surface area contributed by atoms with Gasteiger partial charge < -0.3 is 19.1 Å². The molecule has 0 radical (unpaired) electrons. The number of benzene rings is 3. The Balaban J connectivity index is 1.31. The van der Waals surface area contributed by atoms with Crippen LogP contribution in [-0.4, -0.2) is 36.2 Å². The van der Waals surface area contributed by atoms with Crippen LogP contribution < -0.4 is 14.2 Å². The van der Waals surface area contributed by atoms with Crippen molar-refractivity contribution in [2.45, 2.75) is 33.2 Å². The number of aryl methyl sites for hydroxylation is 1. The number of hydrogen-bond donors (Lipinski definition) is 0. The molecular formula is C30H32N2O4S. The first-order chi connectivity index (χ1) is 18.0. The van der Waals surface area contributed by atoms with Crippen LogP contribution in [0, 0.1) is 6.92 Å². The largest absolute Gasteiger partial charge is 0.497 e. The zero-order chi connectivity index (χ0) is 26.2. The van der Waals surface area contributed by atoms with E-state index in [-0.39, 0.29) is 6.04 Å². The molecular weight excluding hydrogens is 484 g/mol. The molecule has 0 unspecified atom stereocenters. The van der Waals surface area contributed by atoms with E-state index in [2.05, 4.69) is 19.1 Å². The lowest BCUT2D eigenvalue weighted by Gasteiger charge is -2.27. The van der Waals surface area contributed by atoms with Gasteiger partial charge in [-0.1, -0.05) is 42.5 Å². The summed E-state index contributed by atoms with van der Waals surface area (Å²) in [5, 5.41) is 1.04. The lowest BCUT2D eigenvalue weighted by Crippen LogP contribution is -2.35. The van der Waals surface area contributed by atoms with Crippen molar-refractivity contribution in [3.8, 4) is 27.8 Å². The summed E-state index contributed by atoms with van der Waals surface area (Å²) in [6.07, 6.45) is 0.350. The summed E-state index contributed by atoms with van der Waals surface area (Å²) in [5.41, 5.74) is 3.22. The van der Waals surface area contributed by atoms with Gasteiger partial charge in [-0.15, -0.1) is 11.3 Å². The molecule has 1 atom stereocenters. The lowest BCUT2D eigenvalue weighted by molar-refractivity contribution is 0.138. The van der Waals surface area contributed by atoms with Crippen molar-refractivity contribution in [2.24, 2.45) is 0 Å². The Hall–Kier alpha value is -3.84. The second-order valence-corrected chi connectivity index (χ2v) is 9.76. The molecule has 1 heterocycles. The van der Waals surface area contributed by atoms with Crippen LogP contribution >= 0.6 is 11.3 Å². The highest BCUT2D eigenvalue weighted by Crippen LogP contribution is 2.28. The summed E-state index contributed by atoms with van der Waals surface area (Å²) in [5.74, 6) is 1.98. The molecule has 0 spiro atoms. The van der Waals surface area contributed by atoms with E-state index in [0.717, 1.165) is 34.0 Å². The van der Waals surface area contributed by atoms with Gasteiger partial charge in [-0.25, -0.2) is 9.78 Å². The second kappa shape index (κ2) is 12.4. The van der Waals surface area contributed by atoms with Crippen LogP contribution in [0.1, 0.15) is 36.0 Å². The van der Waals surface area contributed by atoms with Crippen LogP contribution in [-0.2, 0) is 6.42 Å². The molecule has 0 fully saturated rings. The second-order valence-electron chi connectivity index (χ2n) is 8.56. The minimum Gasteiger partial charge on any atom is -0.497 e. The summed E-state index contributed by atoms with van der Waals surface area (Å²) >= 11 is 1.71. The molecule has 0 saturated heterocycles. The van der Waals surface area contributed by atoms with E-state index in [1.807, 2.05) is 56.3 Å². The average molecular weight is 517 g/mol. The summed E-state index contributed by atoms with van der Waals surface area (Å²) in [4.78, 5) is 20.5. The van der Waals surface area contributed by atoms with Gasteiger partial charge in [0.15, 0.2) is 0 Å². The Morgan fingerprint density at radius 1 is 0.946 bits per heavy atom. The van der Waals surface area contributed by atoms with Crippen molar-refractivity contribution in [3.05, 3.63) is 95.0 Å². The molecule has 0 N–H and O–H groups in total. The number of nitrogens with zero attached hydrogens (tertiary/aromatic N) is 2. The quantitative estimate of drug-likeness (QED) is 0.221. The van der Waals surface area contributed by atoms with Crippen LogP contribution in [0.4, 0.5) is 4.79 Å². The first-order valence-corrected chi connectivity index (χ1v) is 13.2. The van der Waals surface area contributed by atoms with Crippen molar-refractivity contribution < 1.29 is 19.0 Å². The number of methoxy groups -OCH3 is 1. The molecule has 4 rings (SSSR count). The molecule has 0 bridgehead atoms. The minimum absolute atomic E-state index is 0.154. The summed E-state index contributed by atoms with van der Waals surface area (Å²) < 4.78 is 16.7. The van der Waals surface area contributed by atoms with Gasteiger partial charge in [0.25, 0.3) is 0 Å². The number of hydrogen-bond acceptors (Lipinski definition) is 6. The van der Waals surface area contributed by atoms with Crippen LogP contribution in [0.15, 0.2) is 78.9 Å². The van der Waals surface area contributed by atoms with Crippen molar-refractivity contribution >= 4 is 17.4 Å². The molecule has 3 aromatic carbocycles. The highest BCUT2D eigenvalue weighted by Gasteiger charge is 2.22. The van der Waals surface area contributed by atoms with Gasteiger partial charge in [-0.2, -0.15) is 0 Å². The van der Waals surface area contributed by atoms with Crippen molar-refractivity contribution in [2.75, 3.05) is 20.3 Å². The van der Waals surface area contributed by atoms with Gasteiger partial charge in [-0.3, -0.25) is 0 Å². The molecule has 4 aromatic rings. The van der Waals surface area contributed by atoms with Crippen LogP contribution in [0.3, 0.4) is 0 Å². The van der Waals surface area contributed by atoms with Gasteiger partial charge in [0.1, 0.15) is 22.3 Å². The zero-order valence-electron chi connectivity index (χ0n) is 21.6. The fourth-order valence-corrected chi connectivity index (χ4v) is 4.98. The van der Waals surface area contributed by atoms with E-state index in [0.29, 0.717) is 24.7 Å². The van der Waals surface area contributed by atoms with Crippen LogP contribution in [0.25, 0.3) is 10.6 Å². The molecule has 0 aliphatic rings. The standard InChI is InChI=1S/C30H32N2O4S/c1-5-32(30(33)36-27-17-15-25(34-4)16-18-27)21(2)23-11-13-26(14-12-23)35-20-19-28-22(3)37-29(31-28)24-9-7-6-8-10-24/h6-18,21H,5,19-20H2,1-4H3/t21-/m1/s1. The summed E-state index contributed by atoms with van der Waals surface area (Å²) in [7, 11) is 1.60.